The Labute approximate surface area is 427 Å². The standard InChI is InChI=1S/C15H13N2O2.2C13H11N3.C13H11N2.2Pt/c1-3-7-14-12(5-1)16-11-17-13-6-2-4-8-15(13)19-10-9-18-14;2*1-15-10-16(11-6-3-2-4-7-11)13-12(15)8-5-9-14-13;1-3-7-12(8-4-1)14-11-15-13-9-5-2-6-10-13;;/h1-8,11H,9-10H2;2*2-6,8-10H,1H3;1-11H;;/q-1;2*-2;-1;;. The largest absolute Gasteiger partial charge is 0.502 e. The molecule has 2 aromatic heterocycles. The van der Waals surface area contributed by atoms with Crippen LogP contribution in [0.1, 0.15) is 0 Å². The van der Waals surface area contributed by atoms with Crippen LogP contribution in [0.3, 0.4) is 0 Å². The van der Waals surface area contributed by atoms with E-state index in [1.165, 1.54) is 6.34 Å². The van der Waals surface area contributed by atoms with Crippen LogP contribution in [0.2, 0.25) is 0 Å². The molecule has 350 valence electrons. The number of aliphatic imine (C=N–C) groups is 2. The van der Waals surface area contributed by atoms with E-state index in [-0.39, 0.29) is 42.1 Å². The minimum Gasteiger partial charge on any atom is -0.502 e. The summed E-state index contributed by atoms with van der Waals surface area (Å²) < 4.78 is 11.3. The molecular weight excluding hydrogens is 1210 g/mol. The molecule has 6 aromatic carbocycles. The molecule has 0 fully saturated rings. The predicted molar refractivity (Wildman–Crippen MR) is 268 cm³/mol. The van der Waals surface area contributed by atoms with Crippen molar-refractivity contribution >= 4 is 69.8 Å². The van der Waals surface area contributed by atoms with E-state index in [1.54, 1.807) is 6.34 Å². The number of hydrogen-bond donors (Lipinski definition) is 0. The first-order valence-electron chi connectivity index (χ1n) is 21.2. The van der Waals surface area contributed by atoms with Crippen LogP contribution >= 0.6 is 0 Å². The monoisotopic (exact) mass is 1260 g/mol. The van der Waals surface area contributed by atoms with Gasteiger partial charge in [-0.1, -0.05) is 110 Å². The maximum absolute atomic E-state index is 5.65. The average molecular weight is 1260 g/mol. The second kappa shape index (κ2) is 26.2. The van der Waals surface area contributed by atoms with E-state index in [0.29, 0.717) is 13.2 Å². The third-order valence-corrected chi connectivity index (χ3v) is 9.88. The molecule has 0 unspecified atom stereocenters. The molecule has 0 radical (unpaired) electrons. The van der Waals surface area contributed by atoms with Crippen molar-refractivity contribution in [3.8, 4) is 11.5 Å². The van der Waals surface area contributed by atoms with Gasteiger partial charge in [-0.05, 0) is 61.9 Å². The average Bonchev–Trinajstić information content (AvgIpc) is 3.90. The van der Waals surface area contributed by atoms with Gasteiger partial charge < -0.3 is 49.7 Å². The molecule has 3 aliphatic heterocycles. The number of benzene rings is 6. The zero-order chi connectivity index (χ0) is 45.2. The molecule has 0 atom stereocenters. The summed E-state index contributed by atoms with van der Waals surface area (Å²) in [6.07, 6.45) is 6.71. The van der Waals surface area contributed by atoms with Gasteiger partial charge in [0.1, 0.15) is 36.3 Å². The Morgan fingerprint density at radius 2 is 1.10 bits per heavy atom. The molecule has 0 saturated carbocycles. The summed E-state index contributed by atoms with van der Waals surface area (Å²) in [5, 5.41) is 8.53. The number of anilines is 6. The van der Waals surface area contributed by atoms with Gasteiger partial charge in [0.25, 0.3) is 0 Å². The quantitative estimate of drug-likeness (QED) is 0.0952. The third kappa shape index (κ3) is 13.7. The van der Waals surface area contributed by atoms with E-state index < -0.39 is 0 Å². The van der Waals surface area contributed by atoms with E-state index in [2.05, 4.69) is 64.7 Å². The molecule has 14 heteroatoms. The summed E-state index contributed by atoms with van der Waals surface area (Å²) in [5.41, 5.74) is 7.60. The minimum absolute atomic E-state index is 0. The molecule has 68 heavy (non-hydrogen) atoms. The van der Waals surface area contributed by atoms with Crippen LogP contribution < -0.4 is 29.1 Å². The topological polar surface area (TPSA) is 110 Å². The Bertz CT molecular complexity index is 2700. The van der Waals surface area contributed by atoms with E-state index in [4.69, 9.17) is 9.47 Å². The van der Waals surface area contributed by atoms with Gasteiger partial charge in [0.05, 0.1) is 0 Å². The van der Waals surface area contributed by atoms with E-state index in [1.807, 2.05) is 219 Å². The SMILES string of the molecule is C(=Nc1ccccc1)[N-]c1ccccc1.C1=Nc2ccccc2OCCOc2ccccc2[N-]1.CN1[CH-]N(c2[c-]cccc2)c2ncccc21.CN1[CH-]N(c2[c-]cccc2)c2ncccc21.[Pt].[Pt]. The van der Waals surface area contributed by atoms with Crippen molar-refractivity contribution < 1.29 is 51.6 Å². The molecule has 3 aliphatic rings. The fourth-order valence-electron chi connectivity index (χ4n) is 6.72. The summed E-state index contributed by atoms with van der Waals surface area (Å²) in [6.45, 7) is 4.98. The summed E-state index contributed by atoms with van der Waals surface area (Å²) in [7, 11) is 4.03. The van der Waals surface area contributed by atoms with Crippen molar-refractivity contribution in [2.45, 2.75) is 0 Å². The van der Waals surface area contributed by atoms with Gasteiger partial charge in [0.15, 0.2) is 0 Å². The molecule has 0 aliphatic carbocycles. The van der Waals surface area contributed by atoms with Crippen LogP contribution in [0.5, 0.6) is 11.5 Å². The molecule has 0 N–H and O–H groups in total. The molecule has 0 amide bonds. The molecule has 11 rings (SSSR count). The van der Waals surface area contributed by atoms with Gasteiger partial charge in [0.2, 0.25) is 0 Å². The van der Waals surface area contributed by atoms with Crippen molar-refractivity contribution in [2.75, 3.05) is 46.9 Å². The molecular formula is C54H46N10O2Pt2-6. The van der Waals surface area contributed by atoms with Gasteiger partial charge in [0, 0.05) is 77.3 Å². The van der Waals surface area contributed by atoms with E-state index in [0.717, 1.165) is 68.6 Å². The Balaban J connectivity index is 0.000000148. The Morgan fingerprint density at radius 1 is 0.588 bits per heavy atom. The summed E-state index contributed by atoms with van der Waals surface area (Å²) in [5.74, 6) is 3.38. The molecule has 0 saturated heterocycles. The first kappa shape index (κ1) is 50.2. The van der Waals surface area contributed by atoms with E-state index >= 15 is 0 Å². The number of para-hydroxylation sites is 8. The molecule has 8 aromatic rings. The van der Waals surface area contributed by atoms with Crippen LogP contribution in [0.15, 0.2) is 204 Å². The maximum Gasteiger partial charge on any atom is 0.124 e. The fourth-order valence-corrected chi connectivity index (χ4v) is 6.72. The van der Waals surface area contributed by atoms with Gasteiger partial charge in [-0.3, -0.25) is 0 Å². The number of hydrogen-bond acceptors (Lipinski definition) is 10. The van der Waals surface area contributed by atoms with Crippen LogP contribution in [0.25, 0.3) is 10.6 Å². The van der Waals surface area contributed by atoms with Gasteiger partial charge >= 0.3 is 0 Å². The zero-order valence-corrected chi connectivity index (χ0v) is 41.7. The number of ether oxygens (including phenoxy) is 2. The zero-order valence-electron chi connectivity index (χ0n) is 37.1. The van der Waals surface area contributed by atoms with Crippen molar-refractivity contribution in [3.05, 3.63) is 230 Å². The first-order valence-corrected chi connectivity index (χ1v) is 21.2. The number of fused-ring (bicyclic) bond motifs is 4. The van der Waals surface area contributed by atoms with Crippen molar-refractivity contribution in [2.24, 2.45) is 9.98 Å². The summed E-state index contributed by atoms with van der Waals surface area (Å²) in [6, 6.07) is 64.9. The van der Waals surface area contributed by atoms with Crippen molar-refractivity contribution in [1.29, 1.82) is 0 Å². The van der Waals surface area contributed by atoms with Crippen molar-refractivity contribution in [3.63, 3.8) is 0 Å². The second-order valence-electron chi connectivity index (χ2n) is 14.4. The number of nitrogens with zero attached hydrogens (tertiary/aromatic N) is 10. The molecule has 0 bridgehead atoms. The number of rotatable bonds is 5. The van der Waals surface area contributed by atoms with Gasteiger partial charge in [-0.25, -0.2) is 9.97 Å². The number of aromatic nitrogens is 2. The Morgan fingerprint density at radius 3 is 1.69 bits per heavy atom. The van der Waals surface area contributed by atoms with Crippen LogP contribution in [-0.4, -0.2) is 50.0 Å². The molecule has 5 heterocycles. The van der Waals surface area contributed by atoms with Gasteiger partial charge in [-0.2, -0.15) is 74.0 Å². The van der Waals surface area contributed by atoms with Crippen LogP contribution in [-0.2, 0) is 42.1 Å². The number of pyridine rings is 2. The summed E-state index contributed by atoms with van der Waals surface area (Å²) >= 11 is 0. The minimum atomic E-state index is 0. The van der Waals surface area contributed by atoms with Crippen LogP contribution in [0, 0.1) is 25.5 Å². The predicted octanol–water partition coefficient (Wildman–Crippen LogP) is 13.0. The second-order valence-corrected chi connectivity index (χ2v) is 14.4. The Kier molecular flexibility index (Phi) is 19.3. The van der Waals surface area contributed by atoms with E-state index in [9.17, 15) is 0 Å². The molecule has 12 nitrogen and oxygen atoms in total. The molecule has 0 spiro atoms. The van der Waals surface area contributed by atoms with Crippen LogP contribution in [0.4, 0.5) is 57.1 Å². The fraction of sp³-hybridized carbons (Fsp3) is 0.0741. The van der Waals surface area contributed by atoms with Crippen molar-refractivity contribution in [1.82, 2.24) is 9.97 Å². The van der Waals surface area contributed by atoms with Gasteiger partial charge in [-0.15, -0.1) is 11.4 Å². The normalized spacial score (nSPS) is 12.8. The maximum atomic E-state index is 5.65. The third-order valence-electron chi connectivity index (χ3n) is 9.88. The first-order chi connectivity index (χ1) is 32.6. The Hall–Kier alpha value is -7.26. The summed E-state index contributed by atoms with van der Waals surface area (Å²) in [4.78, 5) is 25.5. The smallest absolute Gasteiger partial charge is 0.124 e.